The molecule has 1 aromatic heterocycles. The molecule has 7 heteroatoms. The van der Waals surface area contributed by atoms with Gasteiger partial charge in [-0.25, -0.2) is 4.98 Å². The van der Waals surface area contributed by atoms with E-state index in [0.29, 0.717) is 18.2 Å². The molecule has 1 aliphatic rings. The van der Waals surface area contributed by atoms with Crippen molar-refractivity contribution in [3.63, 3.8) is 0 Å². The van der Waals surface area contributed by atoms with Gasteiger partial charge in [-0.2, -0.15) is 0 Å². The standard InChI is InChI=1S/C16H20N4O3/c1-22-11-13-10-15(21)19-16(18-13)17-12-2-4-14(5-3-12)20-6-8-23-9-7-20/h2-5,10H,6-9,11H2,1H3,(H2,17,18,19,21). The van der Waals surface area contributed by atoms with E-state index in [4.69, 9.17) is 9.47 Å². The van der Waals surface area contributed by atoms with Crippen LogP contribution in [0.5, 0.6) is 0 Å². The van der Waals surface area contributed by atoms with E-state index < -0.39 is 0 Å². The maximum absolute atomic E-state index is 11.6. The van der Waals surface area contributed by atoms with Gasteiger partial charge in [-0.05, 0) is 24.3 Å². The van der Waals surface area contributed by atoms with Gasteiger partial charge in [-0.1, -0.05) is 0 Å². The van der Waals surface area contributed by atoms with E-state index >= 15 is 0 Å². The molecule has 2 heterocycles. The molecule has 0 bridgehead atoms. The van der Waals surface area contributed by atoms with E-state index in [1.165, 1.54) is 6.07 Å². The number of anilines is 3. The lowest BCUT2D eigenvalue weighted by atomic mass is 10.2. The van der Waals surface area contributed by atoms with Crippen LogP contribution in [-0.4, -0.2) is 43.4 Å². The van der Waals surface area contributed by atoms with Crippen LogP contribution >= 0.6 is 0 Å². The Hall–Kier alpha value is -2.38. The Bertz CT molecular complexity index is 693. The molecular weight excluding hydrogens is 296 g/mol. The Morgan fingerprint density at radius 3 is 2.74 bits per heavy atom. The minimum atomic E-state index is -0.209. The minimum Gasteiger partial charge on any atom is -0.378 e. The lowest BCUT2D eigenvalue weighted by Gasteiger charge is -2.28. The van der Waals surface area contributed by atoms with Crippen molar-refractivity contribution in [2.24, 2.45) is 0 Å². The number of H-pyrrole nitrogens is 1. The Labute approximate surface area is 134 Å². The zero-order valence-electron chi connectivity index (χ0n) is 13.0. The van der Waals surface area contributed by atoms with Crippen LogP contribution in [0.4, 0.5) is 17.3 Å². The fourth-order valence-electron chi connectivity index (χ4n) is 2.50. The molecule has 0 spiro atoms. The third-order valence-corrected chi connectivity index (χ3v) is 3.59. The molecule has 1 saturated heterocycles. The molecule has 1 fully saturated rings. The van der Waals surface area contributed by atoms with Gasteiger partial charge in [0, 0.05) is 37.6 Å². The van der Waals surface area contributed by atoms with E-state index in [2.05, 4.69) is 20.2 Å². The predicted octanol–water partition coefficient (Wildman–Crippen LogP) is 1.50. The second kappa shape index (κ2) is 7.26. The first-order chi connectivity index (χ1) is 11.2. The van der Waals surface area contributed by atoms with Crippen molar-refractivity contribution in [1.82, 2.24) is 9.97 Å². The maximum atomic E-state index is 11.6. The maximum Gasteiger partial charge on any atom is 0.252 e. The average molecular weight is 316 g/mol. The molecule has 7 nitrogen and oxygen atoms in total. The van der Waals surface area contributed by atoms with Gasteiger partial charge in [0.15, 0.2) is 0 Å². The summed E-state index contributed by atoms with van der Waals surface area (Å²) < 4.78 is 10.4. The molecule has 0 unspecified atom stereocenters. The van der Waals surface area contributed by atoms with Crippen molar-refractivity contribution in [1.29, 1.82) is 0 Å². The van der Waals surface area contributed by atoms with Gasteiger partial charge in [0.1, 0.15) is 0 Å². The fraction of sp³-hybridized carbons (Fsp3) is 0.375. The summed E-state index contributed by atoms with van der Waals surface area (Å²) in [5.74, 6) is 0.406. The number of aromatic nitrogens is 2. The molecule has 2 N–H and O–H groups in total. The highest BCUT2D eigenvalue weighted by molar-refractivity contribution is 5.59. The number of aromatic amines is 1. The van der Waals surface area contributed by atoms with Crippen LogP contribution in [0.25, 0.3) is 0 Å². The number of rotatable bonds is 5. The smallest absolute Gasteiger partial charge is 0.252 e. The van der Waals surface area contributed by atoms with E-state index in [1.807, 2.05) is 24.3 Å². The number of methoxy groups -OCH3 is 1. The molecule has 0 aliphatic carbocycles. The Morgan fingerprint density at radius 1 is 1.30 bits per heavy atom. The Kier molecular flexibility index (Phi) is 4.89. The topological polar surface area (TPSA) is 79.5 Å². The number of morpholine rings is 1. The third-order valence-electron chi connectivity index (χ3n) is 3.59. The number of nitrogens with one attached hydrogen (secondary N) is 2. The van der Waals surface area contributed by atoms with E-state index in [1.54, 1.807) is 7.11 Å². The summed E-state index contributed by atoms with van der Waals surface area (Å²) in [6.07, 6.45) is 0. The molecular formula is C16H20N4O3. The highest BCUT2D eigenvalue weighted by Gasteiger charge is 2.11. The minimum absolute atomic E-state index is 0.209. The summed E-state index contributed by atoms with van der Waals surface area (Å²) >= 11 is 0. The van der Waals surface area contributed by atoms with Crippen LogP contribution in [0.3, 0.4) is 0 Å². The number of benzene rings is 1. The highest BCUT2D eigenvalue weighted by Crippen LogP contribution is 2.20. The first-order valence-corrected chi connectivity index (χ1v) is 7.53. The molecule has 1 aromatic carbocycles. The van der Waals surface area contributed by atoms with Crippen molar-refractivity contribution in [3.8, 4) is 0 Å². The molecule has 1 aliphatic heterocycles. The van der Waals surface area contributed by atoms with Crippen molar-refractivity contribution in [2.75, 3.05) is 43.6 Å². The van der Waals surface area contributed by atoms with E-state index in [9.17, 15) is 4.79 Å². The van der Waals surface area contributed by atoms with Crippen molar-refractivity contribution >= 4 is 17.3 Å². The average Bonchev–Trinajstić information content (AvgIpc) is 2.56. The molecule has 0 radical (unpaired) electrons. The summed E-state index contributed by atoms with van der Waals surface area (Å²) in [5.41, 5.74) is 2.40. The van der Waals surface area contributed by atoms with Gasteiger partial charge >= 0.3 is 0 Å². The first-order valence-electron chi connectivity index (χ1n) is 7.53. The number of hydrogen-bond acceptors (Lipinski definition) is 6. The van der Waals surface area contributed by atoms with Crippen molar-refractivity contribution in [3.05, 3.63) is 46.4 Å². The number of ether oxygens (including phenoxy) is 2. The van der Waals surface area contributed by atoms with Crippen LogP contribution in [0.15, 0.2) is 35.1 Å². The van der Waals surface area contributed by atoms with Crippen LogP contribution in [0.1, 0.15) is 5.69 Å². The lowest BCUT2D eigenvalue weighted by Crippen LogP contribution is -2.36. The highest BCUT2D eigenvalue weighted by atomic mass is 16.5. The zero-order chi connectivity index (χ0) is 16.1. The van der Waals surface area contributed by atoms with Gasteiger partial charge in [-0.15, -0.1) is 0 Å². The van der Waals surface area contributed by atoms with Crippen LogP contribution in [-0.2, 0) is 16.1 Å². The van der Waals surface area contributed by atoms with Gasteiger partial charge in [-0.3, -0.25) is 9.78 Å². The van der Waals surface area contributed by atoms with Crippen LogP contribution in [0.2, 0.25) is 0 Å². The third kappa shape index (κ3) is 4.08. The Morgan fingerprint density at radius 2 is 2.04 bits per heavy atom. The predicted molar refractivity (Wildman–Crippen MR) is 88.3 cm³/mol. The monoisotopic (exact) mass is 316 g/mol. The summed E-state index contributed by atoms with van der Waals surface area (Å²) in [5, 5.41) is 3.11. The number of nitrogens with zero attached hydrogens (tertiary/aromatic N) is 2. The molecule has 0 saturated carbocycles. The zero-order valence-corrected chi connectivity index (χ0v) is 13.0. The normalized spacial score (nSPS) is 14.7. The SMILES string of the molecule is COCc1cc(=O)[nH]c(Nc2ccc(N3CCOCC3)cc2)n1. The number of hydrogen-bond donors (Lipinski definition) is 2. The molecule has 0 atom stereocenters. The second-order valence-corrected chi connectivity index (χ2v) is 5.29. The lowest BCUT2D eigenvalue weighted by molar-refractivity contribution is 0.122. The van der Waals surface area contributed by atoms with Gasteiger partial charge in [0.05, 0.1) is 25.5 Å². The summed E-state index contributed by atoms with van der Waals surface area (Å²) in [7, 11) is 1.57. The van der Waals surface area contributed by atoms with Crippen molar-refractivity contribution < 1.29 is 9.47 Å². The molecule has 2 aromatic rings. The van der Waals surface area contributed by atoms with Gasteiger partial charge < -0.3 is 19.7 Å². The Balaban J connectivity index is 1.71. The van der Waals surface area contributed by atoms with Crippen LogP contribution in [0, 0.1) is 0 Å². The largest absolute Gasteiger partial charge is 0.378 e. The van der Waals surface area contributed by atoms with Gasteiger partial charge in [0.25, 0.3) is 5.56 Å². The van der Waals surface area contributed by atoms with E-state index in [0.717, 1.165) is 37.7 Å². The second-order valence-electron chi connectivity index (χ2n) is 5.29. The van der Waals surface area contributed by atoms with Crippen LogP contribution < -0.4 is 15.8 Å². The molecule has 122 valence electrons. The fourth-order valence-corrected chi connectivity index (χ4v) is 2.50. The van der Waals surface area contributed by atoms with E-state index in [-0.39, 0.29) is 5.56 Å². The molecule has 0 amide bonds. The molecule has 3 rings (SSSR count). The summed E-state index contributed by atoms with van der Waals surface area (Å²) in [4.78, 5) is 20.9. The van der Waals surface area contributed by atoms with Crippen molar-refractivity contribution in [2.45, 2.75) is 6.61 Å². The summed E-state index contributed by atoms with van der Waals surface area (Å²) in [6.45, 7) is 3.63. The molecule has 23 heavy (non-hydrogen) atoms. The quantitative estimate of drug-likeness (QED) is 0.870. The first kappa shape index (κ1) is 15.5. The van der Waals surface area contributed by atoms with Gasteiger partial charge in [0.2, 0.25) is 5.95 Å². The summed E-state index contributed by atoms with van der Waals surface area (Å²) in [6, 6.07) is 9.45.